The van der Waals surface area contributed by atoms with Crippen LogP contribution in [0.5, 0.6) is 5.75 Å². The van der Waals surface area contributed by atoms with Crippen LogP contribution in [-0.4, -0.2) is 67.0 Å². The van der Waals surface area contributed by atoms with Crippen molar-refractivity contribution in [2.24, 2.45) is 0 Å². The number of para-hydroxylation sites is 2. The van der Waals surface area contributed by atoms with Crippen molar-refractivity contribution in [2.45, 2.75) is 39.2 Å². The van der Waals surface area contributed by atoms with Crippen molar-refractivity contribution in [3.63, 3.8) is 0 Å². The summed E-state index contributed by atoms with van der Waals surface area (Å²) < 4.78 is 5.94. The molecular formula is C22H29N3O3. The number of ether oxygens (including phenoxy) is 1. The highest BCUT2D eigenvalue weighted by atomic mass is 16.5. The summed E-state index contributed by atoms with van der Waals surface area (Å²) in [5, 5.41) is 0. The zero-order valence-corrected chi connectivity index (χ0v) is 16.8. The van der Waals surface area contributed by atoms with Gasteiger partial charge in [-0.1, -0.05) is 24.0 Å². The molecular weight excluding hydrogens is 354 g/mol. The molecule has 1 aromatic carbocycles. The van der Waals surface area contributed by atoms with Crippen LogP contribution in [0.4, 0.5) is 5.69 Å². The minimum atomic E-state index is -0.0959. The van der Waals surface area contributed by atoms with Crippen molar-refractivity contribution in [3.8, 4) is 17.6 Å². The molecule has 2 aliphatic rings. The van der Waals surface area contributed by atoms with Crippen molar-refractivity contribution < 1.29 is 14.3 Å². The zero-order valence-electron chi connectivity index (χ0n) is 16.8. The lowest BCUT2D eigenvalue weighted by Crippen LogP contribution is -2.46. The van der Waals surface area contributed by atoms with Gasteiger partial charge in [0.1, 0.15) is 5.75 Å². The minimum absolute atomic E-state index is 0.0959. The summed E-state index contributed by atoms with van der Waals surface area (Å²) >= 11 is 0. The molecule has 28 heavy (non-hydrogen) atoms. The molecule has 3 rings (SSSR count). The van der Waals surface area contributed by atoms with Crippen LogP contribution in [-0.2, 0) is 9.59 Å². The third-order valence-electron chi connectivity index (χ3n) is 4.99. The molecule has 0 aromatic heterocycles. The third-order valence-corrected chi connectivity index (χ3v) is 4.99. The summed E-state index contributed by atoms with van der Waals surface area (Å²) in [5.74, 6) is 6.86. The second-order valence-corrected chi connectivity index (χ2v) is 7.48. The maximum Gasteiger partial charge on any atom is 0.230 e. The van der Waals surface area contributed by atoms with Gasteiger partial charge in [0.25, 0.3) is 0 Å². The average Bonchev–Trinajstić information content (AvgIpc) is 2.68. The second-order valence-electron chi connectivity index (χ2n) is 7.48. The van der Waals surface area contributed by atoms with E-state index in [1.165, 1.54) is 4.90 Å². The number of amides is 2. The molecule has 2 aliphatic heterocycles. The van der Waals surface area contributed by atoms with Crippen LogP contribution in [0.15, 0.2) is 24.3 Å². The number of carbonyl (C=O) groups is 2. The van der Waals surface area contributed by atoms with Gasteiger partial charge in [0.2, 0.25) is 11.8 Å². The highest BCUT2D eigenvalue weighted by Gasteiger charge is 2.24. The summed E-state index contributed by atoms with van der Waals surface area (Å²) in [6.07, 6.45) is 1.72. The van der Waals surface area contributed by atoms with Crippen molar-refractivity contribution in [2.75, 3.05) is 44.2 Å². The molecule has 1 aromatic rings. The Morgan fingerprint density at radius 3 is 2.29 bits per heavy atom. The third kappa shape index (κ3) is 5.26. The summed E-state index contributed by atoms with van der Waals surface area (Å²) in [7, 11) is 0. The Morgan fingerprint density at radius 2 is 1.61 bits per heavy atom. The minimum Gasteiger partial charge on any atom is -0.489 e. The van der Waals surface area contributed by atoms with Gasteiger partial charge < -0.3 is 9.64 Å². The molecule has 2 saturated heterocycles. The SMILES string of the molecule is CC(C)Oc1ccccc1N1CCN(CC#CCN2C(=O)CCCC2=O)CC1. The fourth-order valence-corrected chi connectivity index (χ4v) is 3.50. The van der Waals surface area contributed by atoms with E-state index in [4.69, 9.17) is 4.74 Å². The summed E-state index contributed by atoms with van der Waals surface area (Å²) in [4.78, 5) is 29.5. The molecule has 6 heteroatoms. The predicted molar refractivity (Wildman–Crippen MR) is 109 cm³/mol. The Kier molecular flexibility index (Phi) is 6.94. The van der Waals surface area contributed by atoms with Gasteiger partial charge in [-0.15, -0.1) is 0 Å². The lowest BCUT2D eigenvalue weighted by molar-refractivity contribution is -0.147. The van der Waals surface area contributed by atoms with Gasteiger partial charge in [-0.3, -0.25) is 19.4 Å². The first-order chi connectivity index (χ1) is 13.5. The summed E-state index contributed by atoms with van der Waals surface area (Å²) in [6, 6.07) is 8.19. The number of nitrogens with zero attached hydrogens (tertiary/aromatic N) is 3. The molecule has 150 valence electrons. The number of rotatable bonds is 5. The predicted octanol–water partition coefficient (Wildman–Crippen LogP) is 2.14. The van der Waals surface area contributed by atoms with E-state index >= 15 is 0 Å². The van der Waals surface area contributed by atoms with Gasteiger partial charge in [-0.2, -0.15) is 0 Å². The number of likely N-dealkylation sites (tertiary alicyclic amines) is 1. The zero-order chi connectivity index (χ0) is 19.9. The first-order valence-electron chi connectivity index (χ1n) is 10.1. The van der Waals surface area contributed by atoms with Crippen LogP contribution in [0.2, 0.25) is 0 Å². The van der Waals surface area contributed by atoms with Crippen LogP contribution in [0.25, 0.3) is 0 Å². The number of anilines is 1. The van der Waals surface area contributed by atoms with E-state index in [9.17, 15) is 9.59 Å². The van der Waals surface area contributed by atoms with E-state index < -0.39 is 0 Å². The average molecular weight is 383 g/mol. The van der Waals surface area contributed by atoms with Crippen molar-refractivity contribution in [3.05, 3.63) is 24.3 Å². The number of hydrogen-bond donors (Lipinski definition) is 0. The fourth-order valence-electron chi connectivity index (χ4n) is 3.50. The molecule has 0 aliphatic carbocycles. The molecule has 0 unspecified atom stereocenters. The van der Waals surface area contributed by atoms with Gasteiger partial charge in [0.05, 0.1) is 24.9 Å². The van der Waals surface area contributed by atoms with E-state index in [1.807, 2.05) is 32.0 Å². The number of hydrogen-bond acceptors (Lipinski definition) is 5. The van der Waals surface area contributed by atoms with Gasteiger partial charge in [0, 0.05) is 39.0 Å². The van der Waals surface area contributed by atoms with E-state index in [2.05, 4.69) is 27.7 Å². The van der Waals surface area contributed by atoms with Crippen LogP contribution in [0.1, 0.15) is 33.1 Å². The Balaban J connectivity index is 1.48. The van der Waals surface area contributed by atoms with Gasteiger partial charge in [-0.05, 0) is 32.4 Å². The van der Waals surface area contributed by atoms with Gasteiger partial charge in [0.15, 0.2) is 0 Å². The largest absolute Gasteiger partial charge is 0.489 e. The van der Waals surface area contributed by atoms with Crippen LogP contribution in [0, 0.1) is 11.8 Å². The van der Waals surface area contributed by atoms with Crippen LogP contribution >= 0.6 is 0 Å². The quantitative estimate of drug-likeness (QED) is 0.576. The van der Waals surface area contributed by atoms with Crippen molar-refractivity contribution >= 4 is 17.5 Å². The number of carbonyl (C=O) groups excluding carboxylic acids is 2. The van der Waals surface area contributed by atoms with E-state index in [0.29, 0.717) is 25.8 Å². The monoisotopic (exact) mass is 383 g/mol. The first-order valence-corrected chi connectivity index (χ1v) is 10.1. The Hall–Kier alpha value is -2.52. The normalized spacial score (nSPS) is 18.2. The van der Waals surface area contributed by atoms with Crippen LogP contribution < -0.4 is 9.64 Å². The molecule has 2 amide bonds. The summed E-state index contributed by atoms with van der Waals surface area (Å²) in [6.45, 7) is 8.65. The first kappa shape index (κ1) is 20.2. The van der Waals surface area contributed by atoms with Gasteiger partial charge >= 0.3 is 0 Å². The maximum atomic E-state index is 11.8. The molecule has 6 nitrogen and oxygen atoms in total. The summed E-state index contributed by atoms with van der Waals surface area (Å²) in [5.41, 5.74) is 1.14. The number of piperazine rings is 1. The van der Waals surface area contributed by atoms with Crippen molar-refractivity contribution in [1.29, 1.82) is 0 Å². The Labute approximate surface area is 167 Å². The van der Waals surface area contributed by atoms with E-state index in [1.54, 1.807) is 0 Å². The fraction of sp³-hybridized carbons (Fsp3) is 0.545. The smallest absolute Gasteiger partial charge is 0.230 e. The molecule has 0 saturated carbocycles. The number of piperidine rings is 1. The van der Waals surface area contributed by atoms with Crippen molar-refractivity contribution in [1.82, 2.24) is 9.80 Å². The van der Waals surface area contributed by atoms with E-state index in [0.717, 1.165) is 37.6 Å². The molecule has 0 spiro atoms. The molecule has 0 radical (unpaired) electrons. The number of benzene rings is 1. The molecule has 0 N–H and O–H groups in total. The Morgan fingerprint density at radius 1 is 0.964 bits per heavy atom. The maximum absolute atomic E-state index is 11.8. The topological polar surface area (TPSA) is 53.1 Å². The highest BCUT2D eigenvalue weighted by molar-refractivity contribution is 5.97. The lowest BCUT2D eigenvalue weighted by atomic mass is 10.1. The second kappa shape index (κ2) is 9.61. The van der Waals surface area contributed by atoms with Crippen LogP contribution in [0.3, 0.4) is 0 Å². The molecule has 2 fully saturated rings. The lowest BCUT2D eigenvalue weighted by Gasteiger charge is -2.36. The van der Waals surface area contributed by atoms with Gasteiger partial charge in [-0.25, -0.2) is 0 Å². The molecule has 0 atom stereocenters. The standard InChI is InChI=1S/C22H29N3O3/c1-18(2)28-20-9-4-3-8-19(20)24-16-14-23(15-17-24)12-5-6-13-25-21(26)10-7-11-22(25)27/h3-4,8-9,18H,7,10-17H2,1-2H3. The van der Waals surface area contributed by atoms with E-state index in [-0.39, 0.29) is 24.5 Å². The number of imide groups is 1. The molecule has 2 heterocycles. The molecule has 0 bridgehead atoms. The Bertz CT molecular complexity index is 742. The highest BCUT2D eigenvalue weighted by Crippen LogP contribution is 2.29.